The van der Waals surface area contributed by atoms with Crippen LogP contribution in [0.2, 0.25) is 0 Å². The average Bonchev–Trinajstić information content (AvgIpc) is 2.72. The highest BCUT2D eigenvalue weighted by Gasteiger charge is 2.07. The van der Waals surface area contributed by atoms with Gasteiger partial charge in [-0.25, -0.2) is 0 Å². The summed E-state index contributed by atoms with van der Waals surface area (Å²) in [6.07, 6.45) is 9.52. The van der Waals surface area contributed by atoms with Gasteiger partial charge in [0, 0.05) is 18.8 Å². The highest BCUT2D eigenvalue weighted by Crippen LogP contribution is 2.20. The first-order chi connectivity index (χ1) is 6.29. The van der Waals surface area contributed by atoms with Crippen LogP contribution in [0.3, 0.4) is 0 Å². The maximum absolute atomic E-state index is 9.85. The minimum atomic E-state index is 0.331. The zero-order valence-corrected chi connectivity index (χ0v) is 7.44. The number of aliphatic hydroxyl groups excluding tert-OH is 1. The summed E-state index contributed by atoms with van der Waals surface area (Å²) < 4.78 is 1.89. The van der Waals surface area contributed by atoms with E-state index in [4.69, 9.17) is 0 Å². The van der Waals surface area contributed by atoms with Crippen molar-refractivity contribution in [1.82, 2.24) is 4.57 Å². The molecule has 1 aliphatic carbocycles. The molecule has 2 rings (SSSR count). The smallest absolute Gasteiger partial charge is 0.146 e. The molecule has 0 amide bonds. The van der Waals surface area contributed by atoms with E-state index < -0.39 is 0 Å². The number of hydrogen-bond donors (Lipinski definition) is 1. The minimum absolute atomic E-state index is 0.331. The Hall–Kier alpha value is -1.70. The molecule has 0 spiro atoms. The van der Waals surface area contributed by atoms with Crippen LogP contribution in [0.5, 0.6) is 0 Å². The van der Waals surface area contributed by atoms with Crippen molar-refractivity contribution >= 4 is 5.76 Å². The van der Waals surface area contributed by atoms with Gasteiger partial charge in [0.05, 0.1) is 5.69 Å². The van der Waals surface area contributed by atoms with E-state index in [1.165, 1.54) is 0 Å². The summed E-state index contributed by atoms with van der Waals surface area (Å²) in [5.74, 6) is 0.331. The third-order valence-electron chi connectivity index (χ3n) is 2.12. The Morgan fingerprint density at radius 2 is 2.00 bits per heavy atom. The van der Waals surface area contributed by atoms with E-state index in [2.05, 4.69) is 0 Å². The Kier molecular flexibility index (Phi) is 1.81. The molecule has 0 unspecified atom stereocenters. The van der Waals surface area contributed by atoms with Crippen LogP contribution in [0.15, 0.2) is 48.2 Å². The number of rotatable bonds is 1. The van der Waals surface area contributed by atoms with Gasteiger partial charge in [-0.05, 0) is 12.1 Å². The molecule has 0 radical (unpaired) electrons. The van der Waals surface area contributed by atoms with Crippen LogP contribution >= 0.6 is 0 Å². The molecule has 1 aliphatic rings. The van der Waals surface area contributed by atoms with E-state index in [0.29, 0.717) is 5.76 Å². The van der Waals surface area contributed by atoms with E-state index in [1.54, 1.807) is 0 Å². The second-order valence-electron chi connectivity index (χ2n) is 3.03. The van der Waals surface area contributed by atoms with Crippen molar-refractivity contribution < 1.29 is 5.11 Å². The number of aliphatic hydroxyl groups is 1. The Morgan fingerprint density at radius 3 is 2.54 bits per heavy atom. The lowest BCUT2D eigenvalue weighted by atomic mass is 10.2. The molecule has 0 saturated heterocycles. The van der Waals surface area contributed by atoms with Crippen LogP contribution < -0.4 is 0 Å². The van der Waals surface area contributed by atoms with Crippen LogP contribution in [0.1, 0.15) is 5.69 Å². The largest absolute Gasteiger partial charge is 0.505 e. The van der Waals surface area contributed by atoms with Gasteiger partial charge >= 0.3 is 0 Å². The molecule has 0 aliphatic heterocycles. The van der Waals surface area contributed by atoms with Gasteiger partial charge in [-0.15, -0.1) is 0 Å². The predicted molar refractivity (Wildman–Crippen MR) is 53.2 cm³/mol. The molecule has 0 atom stereocenters. The Bertz CT molecular complexity index is 393. The molecule has 0 bridgehead atoms. The van der Waals surface area contributed by atoms with E-state index in [1.807, 2.05) is 54.2 Å². The molecule has 1 N–H and O–H groups in total. The SMILES string of the molecule is Cn1cccc1C(O)=C1C=CC=C1. The second kappa shape index (κ2) is 2.98. The fourth-order valence-electron chi connectivity index (χ4n) is 1.39. The molecule has 66 valence electrons. The molecule has 0 fully saturated rings. The summed E-state index contributed by atoms with van der Waals surface area (Å²) in [4.78, 5) is 0. The molecule has 13 heavy (non-hydrogen) atoms. The van der Waals surface area contributed by atoms with Crippen molar-refractivity contribution in [3.05, 3.63) is 53.9 Å². The van der Waals surface area contributed by atoms with Crippen molar-refractivity contribution in [3.63, 3.8) is 0 Å². The fourth-order valence-corrected chi connectivity index (χ4v) is 1.39. The van der Waals surface area contributed by atoms with E-state index >= 15 is 0 Å². The first kappa shape index (κ1) is 7.92. The normalized spacial score (nSPS) is 14.1. The molecule has 1 aromatic heterocycles. The zero-order chi connectivity index (χ0) is 9.26. The Morgan fingerprint density at radius 1 is 1.31 bits per heavy atom. The Labute approximate surface area is 77.1 Å². The summed E-state index contributed by atoms with van der Waals surface area (Å²) in [5.41, 5.74) is 1.70. The third-order valence-corrected chi connectivity index (χ3v) is 2.12. The minimum Gasteiger partial charge on any atom is -0.505 e. The van der Waals surface area contributed by atoms with Gasteiger partial charge < -0.3 is 9.67 Å². The molecule has 1 heterocycles. The summed E-state index contributed by atoms with van der Waals surface area (Å²) in [7, 11) is 1.91. The van der Waals surface area contributed by atoms with Crippen LogP contribution in [0.25, 0.3) is 5.76 Å². The van der Waals surface area contributed by atoms with Crippen LogP contribution in [-0.2, 0) is 7.05 Å². The number of hydrogen-bond acceptors (Lipinski definition) is 1. The number of aryl methyl sites for hydroxylation is 1. The second-order valence-corrected chi connectivity index (χ2v) is 3.03. The molecular formula is C11H11NO. The van der Waals surface area contributed by atoms with Gasteiger partial charge in [0.25, 0.3) is 0 Å². The van der Waals surface area contributed by atoms with Gasteiger partial charge in [0.2, 0.25) is 0 Å². The van der Waals surface area contributed by atoms with Gasteiger partial charge in [0.1, 0.15) is 5.76 Å². The van der Waals surface area contributed by atoms with Gasteiger partial charge in [-0.1, -0.05) is 24.3 Å². The summed E-state index contributed by atoms with van der Waals surface area (Å²) in [5, 5.41) is 9.85. The van der Waals surface area contributed by atoms with Crippen LogP contribution in [0.4, 0.5) is 0 Å². The highest BCUT2D eigenvalue weighted by molar-refractivity contribution is 5.67. The topological polar surface area (TPSA) is 25.2 Å². The molecule has 0 aromatic carbocycles. The van der Waals surface area contributed by atoms with Gasteiger partial charge in [-0.3, -0.25) is 0 Å². The van der Waals surface area contributed by atoms with Crippen molar-refractivity contribution in [2.45, 2.75) is 0 Å². The maximum atomic E-state index is 9.85. The standard InChI is InChI=1S/C11H11NO/c1-12-8-4-7-10(12)11(13)9-5-2-3-6-9/h2-8,13H,1H3. The molecule has 2 heteroatoms. The number of nitrogens with zero attached hydrogens (tertiary/aromatic N) is 1. The molecule has 1 aromatic rings. The summed E-state index contributed by atoms with van der Waals surface area (Å²) >= 11 is 0. The molecule has 2 nitrogen and oxygen atoms in total. The van der Waals surface area contributed by atoms with Gasteiger partial charge in [0.15, 0.2) is 0 Å². The highest BCUT2D eigenvalue weighted by atomic mass is 16.3. The van der Waals surface area contributed by atoms with Crippen molar-refractivity contribution in [1.29, 1.82) is 0 Å². The lowest BCUT2D eigenvalue weighted by Crippen LogP contribution is -1.95. The van der Waals surface area contributed by atoms with Crippen molar-refractivity contribution in [2.75, 3.05) is 0 Å². The maximum Gasteiger partial charge on any atom is 0.146 e. The quantitative estimate of drug-likeness (QED) is 0.648. The lowest BCUT2D eigenvalue weighted by molar-refractivity contribution is 0.502. The first-order valence-corrected chi connectivity index (χ1v) is 4.19. The van der Waals surface area contributed by atoms with Crippen LogP contribution in [0, 0.1) is 0 Å². The molecular weight excluding hydrogens is 162 g/mol. The van der Waals surface area contributed by atoms with Crippen molar-refractivity contribution in [3.8, 4) is 0 Å². The third kappa shape index (κ3) is 1.31. The van der Waals surface area contributed by atoms with Crippen molar-refractivity contribution in [2.24, 2.45) is 7.05 Å². The zero-order valence-electron chi connectivity index (χ0n) is 7.44. The molecule has 0 saturated carbocycles. The van der Waals surface area contributed by atoms with E-state index in [-0.39, 0.29) is 0 Å². The van der Waals surface area contributed by atoms with Gasteiger partial charge in [-0.2, -0.15) is 0 Å². The monoisotopic (exact) mass is 173 g/mol. The van der Waals surface area contributed by atoms with Crippen LogP contribution in [-0.4, -0.2) is 9.67 Å². The van der Waals surface area contributed by atoms with E-state index in [9.17, 15) is 5.11 Å². The predicted octanol–water partition coefficient (Wildman–Crippen LogP) is 2.42. The lowest BCUT2D eigenvalue weighted by Gasteiger charge is -2.03. The Balaban J connectivity index is 2.48. The fraction of sp³-hybridized carbons (Fsp3) is 0.0909. The summed E-state index contributed by atoms with van der Waals surface area (Å²) in [6, 6.07) is 3.80. The number of aromatic nitrogens is 1. The summed E-state index contributed by atoms with van der Waals surface area (Å²) in [6.45, 7) is 0. The first-order valence-electron chi connectivity index (χ1n) is 4.19. The average molecular weight is 173 g/mol. The number of allylic oxidation sites excluding steroid dienone is 5. The van der Waals surface area contributed by atoms with E-state index in [0.717, 1.165) is 11.3 Å².